The number of hydrogen-bond donors (Lipinski definition) is 0. The van der Waals surface area contributed by atoms with Crippen LogP contribution in [0.2, 0.25) is 0 Å². The molecule has 1 aliphatic heterocycles. The van der Waals surface area contributed by atoms with Crippen molar-refractivity contribution in [3.05, 3.63) is 64.6 Å². The highest BCUT2D eigenvalue weighted by molar-refractivity contribution is 5.30. The summed E-state index contributed by atoms with van der Waals surface area (Å²) in [5.74, 6) is 0.929. The van der Waals surface area contributed by atoms with Crippen LogP contribution in [0.15, 0.2) is 47.5 Å². The maximum Gasteiger partial charge on any atom is 0.347 e. The highest BCUT2D eigenvalue weighted by atomic mass is 16.2. The Morgan fingerprint density at radius 3 is 2.85 bits per heavy atom. The predicted octanol–water partition coefficient (Wildman–Crippen LogP) is 2.05. The van der Waals surface area contributed by atoms with Gasteiger partial charge in [0.2, 0.25) is 0 Å². The third-order valence-corrected chi connectivity index (χ3v) is 4.77. The van der Waals surface area contributed by atoms with Gasteiger partial charge in [-0.1, -0.05) is 24.6 Å². The summed E-state index contributed by atoms with van der Waals surface area (Å²) in [6.07, 6.45) is 8.15. The van der Waals surface area contributed by atoms with Gasteiger partial charge in [-0.25, -0.2) is 9.48 Å². The Morgan fingerprint density at radius 1 is 1.15 bits per heavy atom. The van der Waals surface area contributed by atoms with Crippen molar-refractivity contribution in [1.29, 1.82) is 0 Å². The molecular formula is C19H24N6O. The largest absolute Gasteiger partial charge is 0.347 e. The van der Waals surface area contributed by atoms with E-state index in [2.05, 4.69) is 15.1 Å². The lowest BCUT2D eigenvalue weighted by Crippen LogP contribution is -2.31. The van der Waals surface area contributed by atoms with E-state index in [1.165, 1.54) is 6.42 Å². The fourth-order valence-corrected chi connectivity index (χ4v) is 3.47. The van der Waals surface area contributed by atoms with Crippen molar-refractivity contribution in [2.45, 2.75) is 45.4 Å². The summed E-state index contributed by atoms with van der Waals surface area (Å²) in [5.41, 5.74) is 2.15. The summed E-state index contributed by atoms with van der Waals surface area (Å²) >= 11 is 0. The van der Waals surface area contributed by atoms with E-state index in [1.54, 1.807) is 4.68 Å². The lowest BCUT2D eigenvalue weighted by atomic mass is 10.2. The van der Waals surface area contributed by atoms with E-state index >= 15 is 0 Å². The molecule has 0 amide bonds. The SMILES string of the molecule is CN(Cc1cnn(-c2ccccc2)c1)Cn1nc2n(c1=O)CCCCC2. The van der Waals surface area contributed by atoms with E-state index in [0.717, 1.165) is 42.9 Å². The normalized spacial score (nSPS) is 14.4. The van der Waals surface area contributed by atoms with E-state index in [-0.39, 0.29) is 5.69 Å². The molecule has 0 N–H and O–H groups in total. The van der Waals surface area contributed by atoms with Gasteiger partial charge >= 0.3 is 5.69 Å². The predicted molar refractivity (Wildman–Crippen MR) is 99.1 cm³/mol. The summed E-state index contributed by atoms with van der Waals surface area (Å²) in [4.78, 5) is 14.6. The Hall–Kier alpha value is -2.67. The standard InChI is InChI=1S/C19H24N6O/c1-22(13-16-12-20-24(14-16)17-8-4-2-5-9-17)15-25-19(26)23-11-7-3-6-10-18(23)21-25/h2,4-5,8-9,12,14H,3,6-7,10-11,13,15H2,1H3. The molecule has 7 nitrogen and oxygen atoms in total. The van der Waals surface area contributed by atoms with E-state index in [4.69, 9.17) is 0 Å². The monoisotopic (exact) mass is 352 g/mol. The van der Waals surface area contributed by atoms with Crippen molar-refractivity contribution in [1.82, 2.24) is 29.0 Å². The van der Waals surface area contributed by atoms with Gasteiger partial charge in [-0.15, -0.1) is 0 Å². The molecule has 26 heavy (non-hydrogen) atoms. The fourth-order valence-electron chi connectivity index (χ4n) is 3.47. The molecule has 3 heterocycles. The summed E-state index contributed by atoms with van der Waals surface area (Å²) in [6.45, 7) is 1.98. The van der Waals surface area contributed by atoms with Gasteiger partial charge in [0, 0.05) is 31.3 Å². The Morgan fingerprint density at radius 2 is 2.00 bits per heavy atom. The quantitative estimate of drug-likeness (QED) is 0.705. The molecule has 136 valence electrons. The second-order valence-electron chi connectivity index (χ2n) is 6.94. The topological polar surface area (TPSA) is 60.9 Å². The van der Waals surface area contributed by atoms with Crippen LogP contribution in [-0.2, 0) is 26.2 Å². The van der Waals surface area contributed by atoms with E-state index < -0.39 is 0 Å². The minimum absolute atomic E-state index is 0.00808. The molecule has 0 bridgehead atoms. The van der Waals surface area contributed by atoms with Crippen LogP contribution in [0.4, 0.5) is 0 Å². The molecule has 0 saturated heterocycles. The lowest BCUT2D eigenvalue weighted by Gasteiger charge is -2.14. The molecule has 2 aromatic heterocycles. The molecule has 0 fully saturated rings. The number of fused-ring (bicyclic) bond motifs is 1. The summed E-state index contributed by atoms with van der Waals surface area (Å²) < 4.78 is 5.30. The third-order valence-electron chi connectivity index (χ3n) is 4.77. The molecule has 4 rings (SSSR count). The van der Waals surface area contributed by atoms with Crippen molar-refractivity contribution in [2.24, 2.45) is 0 Å². The van der Waals surface area contributed by atoms with Crippen LogP contribution in [0.1, 0.15) is 30.7 Å². The van der Waals surface area contributed by atoms with Gasteiger partial charge in [0.15, 0.2) is 0 Å². The number of hydrogen-bond acceptors (Lipinski definition) is 4. The number of aryl methyl sites for hydroxylation is 1. The van der Waals surface area contributed by atoms with Gasteiger partial charge in [0.25, 0.3) is 0 Å². The summed E-state index contributed by atoms with van der Waals surface area (Å²) in [5, 5.41) is 8.98. The maximum absolute atomic E-state index is 12.6. The second kappa shape index (κ2) is 7.29. The Kier molecular flexibility index (Phi) is 4.71. The van der Waals surface area contributed by atoms with Gasteiger partial charge in [-0.2, -0.15) is 14.9 Å². The van der Waals surface area contributed by atoms with Gasteiger partial charge < -0.3 is 0 Å². The first kappa shape index (κ1) is 16.8. The van der Waals surface area contributed by atoms with Crippen molar-refractivity contribution in [2.75, 3.05) is 7.05 Å². The fraction of sp³-hybridized carbons (Fsp3) is 0.421. The summed E-state index contributed by atoms with van der Waals surface area (Å²) in [7, 11) is 2.00. The zero-order valence-corrected chi connectivity index (χ0v) is 15.1. The number of nitrogens with zero attached hydrogens (tertiary/aromatic N) is 6. The molecule has 1 aliphatic rings. The first-order chi connectivity index (χ1) is 12.7. The minimum Gasteiger partial charge on any atom is -0.283 e. The second-order valence-corrected chi connectivity index (χ2v) is 6.94. The smallest absolute Gasteiger partial charge is 0.283 e. The van der Waals surface area contributed by atoms with E-state index in [0.29, 0.717) is 13.2 Å². The zero-order valence-electron chi connectivity index (χ0n) is 15.1. The van der Waals surface area contributed by atoms with Gasteiger partial charge in [-0.05, 0) is 32.0 Å². The highest BCUT2D eigenvalue weighted by Crippen LogP contribution is 2.11. The Bertz CT molecular complexity index is 923. The molecule has 0 radical (unpaired) electrons. The number of benzene rings is 1. The van der Waals surface area contributed by atoms with Crippen molar-refractivity contribution >= 4 is 0 Å². The van der Waals surface area contributed by atoms with Crippen LogP contribution in [0.3, 0.4) is 0 Å². The van der Waals surface area contributed by atoms with E-state index in [9.17, 15) is 4.79 Å². The number of para-hydroxylation sites is 1. The van der Waals surface area contributed by atoms with E-state index in [1.807, 2.05) is 59.0 Å². The van der Waals surface area contributed by atoms with Crippen molar-refractivity contribution < 1.29 is 0 Å². The molecule has 0 saturated carbocycles. The minimum atomic E-state index is 0.00808. The van der Waals surface area contributed by atoms with Crippen LogP contribution in [0, 0.1) is 0 Å². The molecule has 7 heteroatoms. The third kappa shape index (κ3) is 3.48. The highest BCUT2D eigenvalue weighted by Gasteiger charge is 2.16. The van der Waals surface area contributed by atoms with Crippen LogP contribution in [-0.4, -0.2) is 36.1 Å². The molecule has 0 unspecified atom stereocenters. The number of aromatic nitrogens is 5. The molecule has 0 atom stereocenters. The van der Waals surface area contributed by atoms with Crippen LogP contribution < -0.4 is 5.69 Å². The van der Waals surface area contributed by atoms with Gasteiger partial charge in [0.05, 0.1) is 18.6 Å². The molecule has 0 spiro atoms. The lowest BCUT2D eigenvalue weighted by molar-refractivity contribution is 0.240. The first-order valence-corrected chi connectivity index (χ1v) is 9.15. The molecular weight excluding hydrogens is 328 g/mol. The van der Waals surface area contributed by atoms with Crippen LogP contribution in [0.5, 0.6) is 0 Å². The molecule has 1 aromatic carbocycles. The number of rotatable bonds is 5. The Balaban J connectivity index is 1.44. The molecule has 3 aromatic rings. The van der Waals surface area contributed by atoms with Crippen LogP contribution in [0.25, 0.3) is 5.69 Å². The molecule has 0 aliphatic carbocycles. The average molecular weight is 352 g/mol. The van der Waals surface area contributed by atoms with Crippen molar-refractivity contribution in [3.63, 3.8) is 0 Å². The van der Waals surface area contributed by atoms with Crippen LogP contribution >= 0.6 is 0 Å². The Labute approximate surface area is 152 Å². The van der Waals surface area contributed by atoms with Gasteiger partial charge in [0.1, 0.15) is 5.82 Å². The zero-order chi connectivity index (χ0) is 17.9. The average Bonchev–Trinajstić information content (AvgIpc) is 3.13. The van der Waals surface area contributed by atoms with Crippen molar-refractivity contribution in [3.8, 4) is 5.69 Å². The van der Waals surface area contributed by atoms with Gasteiger partial charge in [-0.3, -0.25) is 9.47 Å². The first-order valence-electron chi connectivity index (χ1n) is 9.15. The summed E-state index contributed by atoms with van der Waals surface area (Å²) in [6, 6.07) is 10.0. The maximum atomic E-state index is 12.6.